The Balaban J connectivity index is 1.91. The number of hydrogen-bond donors (Lipinski definition) is 4. The second-order valence-electron chi connectivity index (χ2n) is 10.3. The summed E-state index contributed by atoms with van der Waals surface area (Å²) in [5, 5.41) is 17.5. The third kappa shape index (κ3) is 6.34. The van der Waals surface area contributed by atoms with E-state index >= 15 is 0 Å². The molecule has 3 heterocycles. The van der Waals surface area contributed by atoms with Crippen LogP contribution in [0.3, 0.4) is 0 Å². The Labute approximate surface area is 195 Å². The minimum absolute atomic E-state index is 0.00456. The van der Waals surface area contributed by atoms with Crippen molar-refractivity contribution in [3.63, 3.8) is 0 Å². The molecule has 6 atom stereocenters. The van der Waals surface area contributed by atoms with Crippen LogP contribution in [-0.2, 0) is 9.57 Å². The minimum Gasteiger partial charge on any atom is -0.390 e. The highest BCUT2D eigenvalue weighted by Gasteiger charge is 2.61. The maximum absolute atomic E-state index is 13.9. The molecule has 0 aromatic carbocycles. The molecule has 0 spiro atoms. The van der Waals surface area contributed by atoms with Gasteiger partial charge in [-0.15, -0.1) is 0 Å². The lowest BCUT2D eigenvalue weighted by Crippen LogP contribution is -2.61. The van der Waals surface area contributed by atoms with Crippen LogP contribution < -0.4 is 16.2 Å². The monoisotopic (exact) mass is 504 g/mol. The van der Waals surface area contributed by atoms with Crippen molar-refractivity contribution in [1.82, 2.24) is 16.2 Å². The third-order valence-electron chi connectivity index (χ3n) is 6.47. The molecular weight excluding hydrogens is 470 g/mol. The van der Waals surface area contributed by atoms with Crippen molar-refractivity contribution in [2.75, 3.05) is 0 Å². The van der Waals surface area contributed by atoms with E-state index in [-0.39, 0.29) is 31.4 Å². The van der Waals surface area contributed by atoms with Crippen LogP contribution in [-0.4, -0.2) is 58.9 Å². The number of piperidine rings is 1. The molecule has 4 N–H and O–H groups in total. The van der Waals surface area contributed by atoms with Crippen LogP contribution in [0.15, 0.2) is 5.16 Å². The van der Waals surface area contributed by atoms with E-state index in [0.29, 0.717) is 19.3 Å². The zero-order chi connectivity index (χ0) is 25.4. The zero-order valence-electron chi connectivity index (χ0n) is 19.5. The van der Waals surface area contributed by atoms with E-state index in [0.717, 1.165) is 0 Å². The number of fused-ring (bicyclic) bond motifs is 5. The first-order chi connectivity index (χ1) is 15.6. The topological polar surface area (TPSA) is 87.1 Å². The summed E-state index contributed by atoms with van der Waals surface area (Å²) in [5.74, 6) is -1.73. The number of hydrazine groups is 1. The van der Waals surface area contributed by atoms with Gasteiger partial charge in [-0.05, 0) is 52.9 Å². The Hall–Kier alpha value is -1.15. The Morgan fingerprint density at radius 2 is 1.68 bits per heavy atom. The quantitative estimate of drug-likeness (QED) is 0.320. The molecule has 7 nitrogen and oxygen atoms in total. The number of alkyl halides is 6. The second kappa shape index (κ2) is 10.1. The number of nitrogens with zero attached hydrogens (tertiary/aromatic N) is 1. The van der Waals surface area contributed by atoms with Gasteiger partial charge in [0.2, 0.25) is 5.60 Å². The normalized spacial score (nSPS) is 37.9. The predicted molar refractivity (Wildman–Crippen MR) is 111 cm³/mol. The minimum atomic E-state index is -4.95. The predicted octanol–water partition coefficient (Wildman–Crippen LogP) is 3.88. The first kappa shape index (κ1) is 27.4. The Bertz CT molecular complexity index is 727. The van der Waals surface area contributed by atoms with Crippen LogP contribution in [0.5, 0.6) is 0 Å². The highest BCUT2D eigenvalue weighted by Crippen LogP contribution is 2.41. The molecule has 0 amide bonds. The number of ether oxygens (including phenoxy) is 1. The third-order valence-corrected chi connectivity index (χ3v) is 6.47. The molecule has 0 aromatic rings. The molecule has 3 saturated heterocycles. The van der Waals surface area contributed by atoms with Gasteiger partial charge in [0.1, 0.15) is 11.8 Å². The smallest absolute Gasteiger partial charge is 0.390 e. The summed E-state index contributed by atoms with van der Waals surface area (Å²) in [6, 6.07) is -1.96. The van der Waals surface area contributed by atoms with Crippen LogP contribution in [0.25, 0.3) is 0 Å². The van der Waals surface area contributed by atoms with Crippen LogP contribution in [0.1, 0.15) is 72.1 Å². The largest absolute Gasteiger partial charge is 0.421 e. The summed E-state index contributed by atoms with van der Waals surface area (Å²) in [5.41, 5.74) is 1.35. The van der Waals surface area contributed by atoms with E-state index < -0.39 is 60.4 Å². The number of halogens is 6. The van der Waals surface area contributed by atoms with Crippen LogP contribution in [0.4, 0.5) is 26.3 Å². The van der Waals surface area contributed by atoms with Crippen LogP contribution >= 0.6 is 0 Å². The summed E-state index contributed by atoms with van der Waals surface area (Å²) < 4.78 is 88.5. The van der Waals surface area contributed by atoms with Gasteiger partial charge in [-0.3, -0.25) is 0 Å². The lowest BCUT2D eigenvalue weighted by atomic mass is 9.82. The van der Waals surface area contributed by atoms with Crippen molar-refractivity contribution in [2.24, 2.45) is 11.1 Å². The van der Waals surface area contributed by atoms with E-state index in [4.69, 9.17) is 9.57 Å². The number of aliphatic hydroxyl groups is 1. The lowest BCUT2D eigenvalue weighted by molar-refractivity contribution is -0.300. The van der Waals surface area contributed by atoms with Gasteiger partial charge in [0.15, 0.2) is 6.23 Å². The molecule has 0 aliphatic carbocycles. The van der Waals surface area contributed by atoms with E-state index in [1.807, 2.05) is 0 Å². The molecule has 5 unspecified atom stereocenters. The van der Waals surface area contributed by atoms with Crippen molar-refractivity contribution in [3.05, 3.63) is 0 Å². The van der Waals surface area contributed by atoms with Gasteiger partial charge in [-0.1, -0.05) is 24.4 Å². The molecule has 0 aromatic heterocycles. The van der Waals surface area contributed by atoms with Crippen molar-refractivity contribution in [1.29, 1.82) is 0 Å². The standard InChI is InChI=1S/C21H34F6N4O3/c1-18(2,3)34-31-13-8-6-4-5-7-11-19(32,21(25,26)27)17-30-29-16(33-17)14-10-9-12(15(13)28-14)20(22,23)24/h12,14-17,28-30,32H,4-11H2,1-3H3/t12?,14?,15?,16?,17?,19-/m1/s1. The Morgan fingerprint density at radius 1 is 1.00 bits per heavy atom. The maximum Gasteiger partial charge on any atom is 0.421 e. The molecule has 3 rings (SSSR count). The summed E-state index contributed by atoms with van der Waals surface area (Å²) in [4.78, 5) is 5.48. The second-order valence-corrected chi connectivity index (χ2v) is 10.3. The van der Waals surface area contributed by atoms with Gasteiger partial charge in [-0.25, -0.2) is 10.9 Å². The highest BCUT2D eigenvalue weighted by atomic mass is 19.4. The van der Waals surface area contributed by atoms with E-state index in [2.05, 4.69) is 21.3 Å². The van der Waals surface area contributed by atoms with Gasteiger partial charge in [0.05, 0.1) is 17.7 Å². The lowest BCUT2D eigenvalue weighted by Gasteiger charge is -2.41. The fourth-order valence-corrected chi connectivity index (χ4v) is 4.60. The summed E-state index contributed by atoms with van der Waals surface area (Å²) in [6.07, 6.45) is -11.6. The average molecular weight is 505 g/mol. The van der Waals surface area contributed by atoms with Gasteiger partial charge in [-0.2, -0.15) is 26.3 Å². The van der Waals surface area contributed by atoms with Crippen molar-refractivity contribution < 1.29 is 41.0 Å². The summed E-state index contributed by atoms with van der Waals surface area (Å²) in [6.45, 7) is 5.22. The average Bonchev–Trinajstić information content (AvgIpc) is 3.20. The van der Waals surface area contributed by atoms with Gasteiger partial charge < -0.3 is 20.0 Å². The number of rotatable bonds is 1. The molecule has 3 aliphatic rings. The molecular formula is C21H34F6N4O3. The maximum atomic E-state index is 13.9. The first-order valence-electron chi connectivity index (χ1n) is 11.7. The van der Waals surface area contributed by atoms with Crippen molar-refractivity contribution in [3.8, 4) is 0 Å². The van der Waals surface area contributed by atoms with Gasteiger partial charge >= 0.3 is 12.4 Å². The Kier molecular flexibility index (Phi) is 8.13. The molecule has 3 fully saturated rings. The summed E-state index contributed by atoms with van der Waals surface area (Å²) in [7, 11) is 0. The Morgan fingerprint density at radius 3 is 2.29 bits per heavy atom. The molecule has 13 heteroatoms. The fraction of sp³-hybridized carbons (Fsp3) is 0.952. The van der Waals surface area contributed by atoms with E-state index in [9.17, 15) is 31.4 Å². The molecule has 0 radical (unpaired) electrons. The molecule has 4 bridgehead atoms. The van der Waals surface area contributed by atoms with E-state index in [1.165, 1.54) is 0 Å². The molecule has 0 saturated carbocycles. The highest BCUT2D eigenvalue weighted by molar-refractivity contribution is 5.89. The number of oxime groups is 1. The van der Waals surface area contributed by atoms with Crippen molar-refractivity contribution in [2.45, 2.75) is 120 Å². The molecule has 198 valence electrons. The molecule has 34 heavy (non-hydrogen) atoms. The van der Waals surface area contributed by atoms with E-state index in [1.54, 1.807) is 20.8 Å². The SMILES string of the molecule is CC(C)(C)ON=C1CCCCCC[C@](O)(C(F)(F)F)C2NNC(O2)C2CCC(C(F)(F)F)C1N2. The zero-order valence-corrected chi connectivity index (χ0v) is 19.5. The van der Waals surface area contributed by atoms with Crippen molar-refractivity contribution >= 4 is 5.71 Å². The summed E-state index contributed by atoms with van der Waals surface area (Å²) >= 11 is 0. The number of nitrogens with one attached hydrogen (secondary N) is 3. The van der Waals surface area contributed by atoms with Crippen LogP contribution in [0.2, 0.25) is 0 Å². The van der Waals surface area contributed by atoms with Crippen LogP contribution in [0, 0.1) is 5.92 Å². The molecule has 3 aliphatic heterocycles. The fourth-order valence-electron chi connectivity index (χ4n) is 4.60. The first-order valence-corrected chi connectivity index (χ1v) is 11.7. The number of hydrogen-bond acceptors (Lipinski definition) is 7. The van der Waals surface area contributed by atoms with Gasteiger partial charge in [0, 0.05) is 6.04 Å². The van der Waals surface area contributed by atoms with Gasteiger partial charge in [0.25, 0.3) is 0 Å².